The molecule has 2 aliphatic carbocycles. The second-order valence-corrected chi connectivity index (χ2v) is 6.90. The maximum atomic E-state index is 5.44. The summed E-state index contributed by atoms with van der Waals surface area (Å²) in [6, 6.07) is 8.98. The summed E-state index contributed by atoms with van der Waals surface area (Å²) >= 11 is 7.19. The van der Waals surface area contributed by atoms with Crippen molar-refractivity contribution in [3.05, 3.63) is 24.3 Å². The quantitative estimate of drug-likeness (QED) is 0.652. The lowest BCUT2D eigenvalue weighted by atomic mass is 9.96. The van der Waals surface area contributed by atoms with Crippen LogP contribution < -0.4 is 10.6 Å². The maximum absolute atomic E-state index is 5.44. The highest BCUT2D eigenvalue weighted by molar-refractivity contribution is 7.98. The summed E-state index contributed by atoms with van der Waals surface area (Å²) in [5.41, 5.74) is 1.08. The van der Waals surface area contributed by atoms with Crippen LogP contribution in [0.5, 0.6) is 0 Å². The highest BCUT2D eigenvalue weighted by Crippen LogP contribution is 2.44. The number of thiocarbonyl (C=S) groups is 1. The second-order valence-electron chi connectivity index (χ2n) is 5.61. The monoisotopic (exact) mass is 292 g/mol. The molecule has 19 heavy (non-hydrogen) atoms. The summed E-state index contributed by atoms with van der Waals surface area (Å²) < 4.78 is 0. The average molecular weight is 292 g/mol. The van der Waals surface area contributed by atoms with Crippen molar-refractivity contribution in [1.82, 2.24) is 5.32 Å². The molecule has 0 unspecified atom stereocenters. The Hall–Kier alpha value is -0.740. The van der Waals surface area contributed by atoms with Gasteiger partial charge >= 0.3 is 0 Å². The molecule has 2 fully saturated rings. The molecule has 2 bridgehead atoms. The number of nitrogens with one attached hydrogen (secondary N) is 2. The third kappa shape index (κ3) is 3.06. The number of benzene rings is 1. The van der Waals surface area contributed by atoms with Gasteiger partial charge in [0.2, 0.25) is 0 Å². The molecule has 3 atom stereocenters. The van der Waals surface area contributed by atoms with Gasteiger partial charge in [-0.3, -0.25) is 0 Å². The van der Waals surface area contributed by atoms with Crippen molar-refractivity contribution in [2.45, 2.75) is 36.6 Å². The molecule has 0 aliphatic heterocycles. The Morgan fingerprint density at radius 3 is 2.89 bits per heavy atom. The third-order valence-electron chi connectivity index (χ3n) is 4.38. The predicted molar refractivity (Wildman–Crippen MR) is 86.8 cm³/mol. The van der Waals surface area contributed by atoms with E-state index in [1.165, 1.54) is 30.6 Å². The highest BCUT2D eigenvalue weighted by atomic mass is 32.2. The second kappa shape index (κ2) is 5.71. The van der Waals surface area contributed by atoms with Crippen molar-refractivity contribution in [2.75, 3.05) is 11.6 Å². The first-order valence-corrected chi connectivity index (χ1v) is 8.59. The molecule has 102 valence electrons. The minimum Gasteiger partial charge on any atom is -0.359 e. The predicted octanol–water partition coefficient (Wildman–Crippen LogP) is 3.88. The first-order valence-electron chi connectivity index (χ1n) is 6.96. The fourth-order valence-electron chi connectivity index (χ4n) is 3.46. The summed E-state index contributed by atoms with van der Waals surface area (Å²) in [5.74, 6) is 1.80. The molecule has 1 aromatic rings. The van der Waals surface area contributed by atoms with Gasteiger partial charge in [-0.15, -0.1) is 11.8 Å². The lowest BCUT2D eigenvalue weighted by Crippen LogP contribution is -2.40. The van der Waals surface area contributed by atoms with Crippen LogP contribution in [-0.2, 0) is 0 Å². The van der Waals surface area contributed by atoms with Crippen molar-refractivity contribution in [1.29, 1.82) is 0 Å². The van der Waals surface area contributed by atoms with Gasteiger partial charge in [0, 0.05) is 16.6 Å². The standard InChI is InChI=1S/C15H20N2S2/c1-19-13-4-2-3-12(9-13)16-15(18)17-14-8-10-5-6-11(14)7-10/h2-4,9-11,14H,5-8H2,1H3,(H2,16,17,18)/t10-,11+,14+/m0/s1. The van der Waals surface area contributed by atoms with Crippen LogP contribution in [0.2, 0.25) is 0 Å². The van der Waals surface area contributed by atoms with E-state index in [9.17, 15) is 0 Å². The molecule has 2 saturated carbocycles. The van der Waals surface area contributed by atoms with E-state index in [2.05, 4.69) is 41.2 Å². The largest absolute Gasteiger partial charge is 0.359 e. The first kappa shape index (κ1) is 13.3. The molecule has 0 heterocycles. The highest BCUT2D eigenvalue weighted by Gasteiger charge is 2.39. The van der Waals surface area contributed by atoms with Crippen LogP contribution in [0.1, 0.15) is 25.7 Å². The van der Waals surface area contributed by atoms with Crippen molar-refractivity contribution in [3.8, 4) is 0 Å². The van der Waals surface area contributed by atoms with Crippen LogP contribution in [0.3, 0.4) is 0 Å². The minimum absolute atomic E-state index is 0.600. The third-order valence-corrected chi connectivity index (χ3v) is 5.33. The Balaban J connectivity index is 1.56. The Kier molecular flexibility index (Phi) is 3.99. The number of thioether (sulfide) groups is 1. The summed E-state index contributed by atoms with van der Waals surface area (Å²) in [5, 5.41) is 7.59. The molecule has 2 aliphatic rings. The summed E-state index contributed by atoms with van der Waals surface area (Å²) in [6.45, 7) is 0. The van der Waals surface area contributed by atoms with Gasteiger partial charge in [-0.05, 0) is 67.8 Å². The van der Waals surface area contributed by atoms with Gasteiger partial charge in [0.1, 0.15) is 0 Å². The van der Waals surface area contributed by atoms with Crippen LogP contribution in [-0.4, -0.2) is 17.4 Å². The number of hydrogen-bond acceptors (Lipinski definition) is 2. The molecular formula is C15H20N2S2. The zero-order valence-corrected chi connectivity index (χ0v) is 12.8. The number of anilines is 1. The molecule has 0 aromatic heterocycles. The summed E-state index contributed by atoms with van der Waals surface area (Å²) in [4.78, 5) is 1.26. The number of fused-ring (bicyclic) bond motifs is 2. The zero-order chi connectivity index (χ0) is 13.2. The van der Waals surface area contributed by atoms with Crippen LogP contribution in [0.25, 0.3) is 0 Å². The van der Waals surface area contributed by atoms with Gasteiger partial charge in [-0.25, -0.2) is 0 Å². The summed E-state index contributed by atoms with van der Waals surface area (Å²) in [6.07, 6.45) is 7.61. The van der Waals surface area contributed by atoms with E-state index in [0.717, 1.165) is 22.6 Å². The van der Waals surface area contributed by atoms with E-state index in [1.54, 1.807) is 11.8 Å². The van der Waals surface area contributed by atoms with Gasteiger partial charge < -0.3 is 10.6 Å². The van der Waals surface area contributed by atoms with E-state index in [1.807, 2.05) is 0 Å². The van der Waals surface area contributed by atoms with E-state index >= 15 is 0 Å². The van der Waals surface area contributed by atoms with Gasteiger partial charge in [0.25, 0.3) is 0 Å². The molecule has 0 saturated heterocycles. The van der Waals surface area contributed by atoms with Gasteiger partial charge in [0.05, 0.1) is 0 Å². The fourth-order valence-corrected chi connectivity index (χ4v) is 4.19. The van der Waals surface area contributed by atoms with E-state index in [4.69, 9.17) is 12.2 Å². The normalized spacial score (nSPS) is 28.4. The molecule has 2 nitrogen and oxygen atoms in total. The Morgan fingerprint density at radius 1 is 1.32 bits per heavy atom. The van der Waals surface area contributed by atoms with Gasteiger partial charge in [-0.1, -0.05) is 12.5 Å². The van der Waals surface area contributed by atoms with Gasteiger partial charge in [0.15, 0.2) is 5.11 Å². The van der Waals surface area contributed by atoms with E-state index in [-0.39, 0.29) is 0 Å². The number of hydrogen-bond donors (Lipinski definition) is 2. The molecule has 0 amide bonds. The molecular weight excluding hydrogens is 272 g/mol. The van der Waals surface area contributed by atoms with Crippen LogP contribution in [0.4, 0.5) is 5.69 Å². The Morgan fingerprint density at radius 2 is 2.21 bits per heavy atom. The molecule has 3 rings (SSSR count). The Labute approximate surface area is 124 Å². The molecule has 0 radical (unpaired) electrons. The van der Waals surface area contributed by atoms with Crippen molar-refractivity contribution < 1.29 is 0 Å². The lowest BCUT2D eigenvalue weighted by Gasteiger charge is -2.24. The maximum Gasteiger partial charge on any atom is 0.171 e. The van der Waals surface area contributed by atoms with Crippen molar-refractivity contribution in [2.24, 2.45) is 11.8 Å². The van der Waals surface area contributed by atoms with Crippen molar-refractivity contribution in [3.63, 3.8) is 0 Å². The van der Waals surface area contributed by atoms with Crippen LogP contribution in [0.15, 0.2) is 29.2 Å². The Bertz CT molecular complexity index is 475. The molecule has 4 heteroatoms. The van der Waals surface area contributed by atoms with Crippen LogP contribution in [0, 0.1) is 11.8 Å². The average Bonchev–Trinajstić information content (AvgIpc) is 3.01. The van der Waals surface area contributed by atoms with Crippen molar-refractivity contribution >= 4 is 34.8 Å². The minimum atomic E-state index is 0.600. The topological polar surface area (TPSA) is 24.1 Å². The van der Waals surface area contributed by atoms with Gasteiger partial charge in [-0.2, -0.15) is 0 Å². The molecule has 0 spiro atoms. The van der Waals surface area contributed by atoms with E-state index < -0.39 is 0 Å². The lowest BCUT2D eigenvalue weighted by molar-refractivity contribution is 0.392. The SMILES string of the molecule is CSc1cccc(NC(=S)N[C@@H]2C[C@H]3CC[C@@H]2C3)c1. The smallest absolute Gasteiger partial charge is 0.171 e. The summed E-state index contributed by atoms with van der Waals surface area (Å²) in [7, 11) is 0. The first-order chi connectivity index (χ1) is 9.24. The van der Waals surface area contributed by atoms with Crippen LogP contribution >= 0.6 is 24.0 Å². The zero-order valence-electron chi connectivity index (χ0n) is 11.2. The number of rotatable bonds is 3. The molecule has 2 N–H and O–H groups in total. The fraction of sp³-hybridized carbons (Fsp3) is 0.533. The molecule has 1 aromatic carbocycles. The van der Waals surface area contributed by atoms with E-state index in [0.29, 0.717) is 6.04 Å².